The van der Waals surface area contributed by atoms with E-state index in [2.05, 4.69) is 4.72 Å². The van der Waals surface area contributed by atoms with Crippen molar-refractivity contribution in [1.29, 1.82) is 0 Å². The van der Waals surface area contributed by atoms with Crippen LogP contribution < -0.4 is 4.72 Å². The van der Waals surface area contributed by atoms with Gasteiger partial charge in [-0.1, -0.05) is 12.1 Å². The topological polar surface area (TPSA) is 83.5 Å². The molecular weight excluding hydrogens is 249 g/mol. The molecule has 0 radical (unpaired) electrons. The lowest BCUT2D eigenvalue weighted by molar-refractivity contribution is -0.136. The number of rotatable bonds is 6. The van der Waals surface area contributed by atoms with Gasteiger partial charge in [0.25, 0.3) is 0 Å². The molecule has 0 amide bonds. The highest BCUT2D eigenvalue weighted by atomic mass is 32.2. The first kappa shape index (κ1) is 13.6. The largest absolute Gasteiger partial charge is 0.481 e. The van der Waals surface area contributed by atoms with Crippen molar-refractivity contribution >= 4 is 16.0 Å². The number of benzene rings is 1. The summed E-state index contributed by atoms with van der Waals surface area (Å²) in [6.45, 7) is 0.0161. The number of sulfonamides is 1. The van der Waals surface area contributed by atoms with Crippen LogP contribution in [0.5, 0.6) is 0 Å². The van der Waals surface area contributed by atoms with E-state index in [0.717, 1.165) is 0 Å². The predicted octanol–water partition coefficient (Wildman–Crippen LogP) is 0.720. The van der Waals surface area contributed by atoms with Gasteiger partial charge in [-0.25, -0.2) is 17.5 Å². The standard InChI is InChI=1S/C10H12FNO4S/c11-9-3-1-8(2-4-9)7-12-17(15,16)6-5-10(13)14/h1-4,12H,5-7H2,(H,13,14). The van der Waals surface area contributed by atoms with Crippen molar-refractivity contribution < 1.29 is 22.7 Å². The number of carbonyl (C=O) groups is 1. The Hall–Kier alpha value is -1.47. The lowest BCUT2D eigenvalue weighted by Gasteiger charge is -2.05. The maximum atomic E-state index is 12.6. The van der Waals surface area contributed by atoms with E-state index in [1.807, 2.05) is 0 Å². The average molecular weight is 261 g/mol. The van der Waals surface area contributed by atoms with Crippen molar-refractivity contribution in [2.24, 2.45) is 0 Å². The van der Waals surface area contributed by atoms with Gasteiger partial charge in [0, 0.05) is 6.54 Å². The number of hydrogen-bond acceptors (Lipinski definition) is 3. The van der Waals surface area contributed by atoms with Crippen LogP contribution in [-0.4, -0.2) is 25.2 Å². The zero-order chi connectivity index (χ0) is 12.9. The first-order valence-corrected chi connectivity index (χ1v) is 6.48. The minimum absolute atomic E-state index is 0.0161. The molecule has 0 fully saturated rings. The summed E-state index contributed by atoms with van der Waals surface area (Å²) in [5.74, 6) is -2.04. The Bertz CT molecular complexity index is 484. The zero-order valence-electron chi connectivity index (χ0n) is 8.89. The minimum atomic E-state index is -3.61. The van der Waals surface area contributed by atoms with E-state index in [4.69, 9.17) is 5.11 Å². The number of halogens is 1. The summed E-state index contributed by atoms with van der Waals surface area (Å²) in [7, 11) is -3.61. The third-order valence-corrected chi connectivity index (χ3v) is 3.32. The molecule has 0 atom stereocenters. The van der Waals surface area contributed by atoms with Gasteiger partial charge >= 0.3 is 5.97 Å². The molecule has 0 aliphatic carbocycles. The number of carboxylic acids is 1. The summed E-state index contributed by atoms with van der Waals surface area (Å²) in [6.07, 6.45) is -0.446. The molecule has 94 valence electrons. The Morgan fingerprint density at radius 3 is 2.41 bits per heavy atom. The van der Waals surface area contributed by atoms with Crippen molar-refractivity contribution in [3.05, 3.63) is 35.6 Å². The van der Waals surface area contributed by atoms with Gasteiger partial charge in [-0.2, -0.15) is 0 Å². The van der Waals surface area contributed by atoms with Crippen LogP contribution in [0.4, 0.5) is 4.39 Å². The summed E-state index contributed by atoms with van der Waals surface area (Å²) in [5.41, 5.74) is 0.602. The molecule has 0 saturated heterocycles. The first-order valence-electron chi connectivity index (χ1n) is 4.82. The molecule has 5 nitrogen and oxygen atoms in total. The summed E-state index contributed by atoms with van der Waals surface area (Å²) in [5, 5.41) is 8.36. The highest BCUT2D eigenvalue weighted by molar-refractivity contribution is 7.89. The molecule has 0 aliphatic rings. The Morgan fingerprint density at radius 2 is 1.88 bits per heavy atom. The van der Waals surface area contributed by atoms with Crippen molar-refractivity contribution in [3.8, 4) is 0 Å². The third-order valence-electron chi connectivity index (χ3n) is 1.99. The molecule has 1 rings (SSSR count). The Kier molecular flexibility index (Phi) is 4.59. The summed E-state index contributed by atoms with van der Waals surface area (Å²) >= 11 is 0. The van der Waals surface area contributed by atoms with Crippen LogP contribution in [0.25, 0.3) is 0 Å². The van der Waals surface area contributed by atoms with Gasteiger partial charge in [-0.15, -0.1) is 0 Å². The molecule has 0 saturated carbocycles. The van der Waals surface area contributed by atoms with Gasteiger partial charge < -0.3 is 5.11 Å². The van der Waals surface area contributed by atoms with Gasteiger partial charge in [-0.3, -0.25) is 4.79 Å². The smallest absolute Gasteiger partial charge is 0.304 e. The van der Waals surface area contributed by atoms with E-state index in [0.29, 0.717) is 5.56 Å². The molecule has 7 heteroatoms. The van der Waals surface area contributed by atoms with E-state index < -0.39 is 34.0 Å². The zero-order valence-corrected chi connectivity index (χ0v) is 9.71. The molecule has 1 aromatic rings. The third kappa shape index (κ3) is 5.41. The molecule has 0 heterocycles. The summed E-state index contributed by atoms with van der Waals surface area (Å²) < 4.78 is 37.5. The SMILES string of the molecule is O=C(O)CCS(=O)(=O)NCc1ccc(F)cc1. The molecule has 2 N–H and O–H groups in total. The second-order valence-electron chi connectivity index (χ2n) is 3.41. The van der Waals surface area contributed by atoms with E-state index in [9.17, 15) is 17.6 Å². The number of nitrogens with one attached hydrogen (secondary N) is 1. The van der Waals surface area contributed by atoms with Crippen LogP contribution in [0, 0.1) is 5.82 Å². The Labute approximate surface area is 98.3 Å². The van der Waals surface area contributed by atoms with Crippen molar-refractivity contribution in [1.82, 2.24) is 4.72 Å². The van der Waals surface area contributed by atoms with Crippen LogP contribution in [0.15, 0.2) is 24.3 Å². The van der Waals surface area contributed by atoms with Crippen LogP contribution >= 0.6 is 0 Å². The minimum Gasteiger partial charge on any atom is -0.481 e. The van der Waals surface area contributed by atoms with Gasteiger partial charge in [0.05, 0.1) is 12.2 Å². The molecule has 0 bridgehead atoms. The normalized spacial score (nSPS) is 11.4. The van der Waals surface area contributed by atoms with Crippen molar-refractivity contribution in [2.45, 2.75) is 13.0 Å². The maximum Gasteiger partial charge on any atom is 0.304 e. The van der Waals surface area contributed by atoms with Gasteiger partial charge in [0.1, 0.15) is 5.82 Å². The van der Waals surface area contributed by atoms with Crippen LogP contribution in [0.1, 0.15) is 12.0 Å². The van der Waals surface area contributed by atoms with Crippen molar-refractivity contribution in [2.75, 3.05) is 5.75 Å². The molecule has 0 spiro atoms. The fraction of sp³-hybridized carbons (Fsp3) is 0.300. The fourth-order valence-electron chi connectivity index (χ4n) is 1.09. The van der Waals surface area contributed by atoms with Gasteiger partial charge in [0.2, 0.25) is 10.0 Å². The Morgan fingerprint density at radius 1 is 1.29 bits per heavy atom. The molecule has 0 unspecified atom stereocenters. The molecule has 0 aromatic heterocycles. The maximum absolute atomic E-state index is 12.6. The number of hydrogen-bond donors (Lipinski definition) is 2. The van der Waals surface area contributed by atoms with Crippen LogP contribution in [0.3, 0.4) is 0 Å². The van der Waals surface area contributed by atoms with Crippen LogP contribution in [0.2, 0.25) is 0 Å². The van der Waals surface area contributed by atoms with E-state index in [-0.39, 0.29) is 6.54 Å². The Balaban J connectivity index is 2.49. The van der Waals surface area contributed by atoms with E-state index in [1.54, 1.807) is 0 Å². The molecule has 0 aliphatic heterocycles. The van der Waals surface area contributed by atoms with E-state index in [1.165, 1.54) is 24.3 Å². The lowest BCUT2D eigenvalue weighted by Crippen LogP contribution is -2.27. The van der Waals surface area contributed by atoms with Crippen LogP contribution in [-0.2, 0) is 21.4 Å². The van der Waals surface area contributed by atoms with Crippen molar-refractivity contribution in [3.63, 3.8) is 0 Å². The second-order valence-corrected chi connectivity index (χ2v) is 5.34. The van der Waals surface area contributed by atoms with Gasteiger partial charge in [-0.05, 0) is 17.7 Å². The summed E-state index contributed by atoms with van der Waals surface area (Å²) in [6, 6.07) is 5.35. The summed E-state index contributed by atoms with van der Waals surface area (Å²) in [4.78, 5) is 10.2. The fourth-order valence-corrected chi connectivity index (χ4v) is 2.06. The van der Waals surface area contributed by atoms with E-state index >= 15 is 0 Å². The molecule has 17 heavy (non-hydrogen) atoms. The highest BCUT2D eigenvalue weighted by Gasteiger charge is 2.12. The average Bonchev–Trinajstić information content (AvgIpc) is 2.26. The molecular formula is C10H12FNO4S. The highest BCUT2D eigenvalue weighted by Crippen LogP contribution is 2.03. The van der Waals surface area contributed by atoms with Gasteiger partial charge in [0.15, 0.2) is 0 Å². The first-order chi connectivity index (χ1) is 7.89. The second kappa shape index (κ2) is 5.74. The monoisotopic (exact) mass is 261 g/mol. The lowest BCUT2D eigenvalue weighted by atomic mass is 10.2. The number of aliphatic carboxylic acids is 1. The quantitative estimate of drug-likeness (QED) is 0.790. The predicted molar refractivity (Wildman–Crippen MR) is 59.3 cm³/mol. The molecule has 1 aromatic carbocycles. The number of carboxylic acid groups (broad SMARTS) is 1.